The van der Waals surface area contributed by atoms with Crippen LogP contribution in [0.5, 0.6) is 11.5 Å². The van der Waals surface area contributed by atoms with Crippen LogP contribution in [-0.4, -0.2) is 15.8 Å². The summed E-state index contributed by atoms with van der Waals surface area (Å²) in [6, 6.07) is 12.9. The lowest BCUT2D eigenvalue weighted by Crippen LogP contribution is -2.23. The predicted molar refractivity (Wildman–Crippen MR) is 107 cm³/mol. The summed E-state index contributed by atoms with van der Waals surface area (Å²) < 4.78 is 5.76. The summed E-state index contributed by atoms with van der Waals surface area (Å²) in [5.41, 5.74) is 0.664. The average molecular weight is 397 g/mol. The van der Waals surface area contributed by atoms with Gasteiger partial charge in [0.1, 0.15) is 11.5 Å². The molecule has 1 amide bonds. The molecule has 0 radical (unpaired) electrons. The second kappa shape index (κ2) is 8.62. The molecule has 1 aromatic heterocycles. The highest BCUT2D eigenvalue weighted by Crippen LogP contribution is 2.29. The Morgan fingerprint density at radius 2 is 2.00 bits per heavy atom. The van der Waals surface area contributed by atoms with E-state index in [0.29, 0.717) is 11.7 Å². The number of nitro groups is 1. The molecule has 1 heterocycles. The Balaban J connectivity index is 1.81. The standard InChI is InChI=1S/C20H19N3O4S/c1-13(2)20-22-14(12-28-20)11-21-19(24)17-10-15(23(25)26)8-9-18(17)27-16-6-4-3-5-7-16/h3-10,12-13H,11H2,1-2H3,(H,21,24). The van der Waals surface area contributed by atoms with E-state index in [1.807, 2.05) is 11.4 Å². The van der Waals surface area contributed by atoms with Crippen molar-refractivity contribution in [3.63, 3.8) is 0 Å². The molecular formula is C20H19N3O4S. The fourth-order valence-electron chi connectivity index (χ4n) is 2.45. The third-order valence-corrected chi connectivity index (χ3v) is 5.08. The number of amides is 1. The largest absolute Gasteiger partial charge is 0.457 e. The number of carbonyl (C=O) groups is 1. The highest BCUT2D eigenvalue weighted by Gasteiger charge is 2.19. The molecular weight excluding hydrogens is 378 g/mol. The van der Waals surface area contributed by atoms with Crippen molar-refractivity contribution in [1.82, 2.24) is 10.3 Å². The number of ether oxygens (including phenoxy) is 1. The zero-order chi connectivity index (χ0) is 20.1. The van der Waals surface area contributed by atoms with Crippen molar-refractivity contribution in [3.05, 3.63) is 80.3 Å². The molecule has 0 aliphatic rings. The van der Waals surface area contributed by atoms with E-state index in [1.165, 1.54) is 18.2 Å². The number of non-ortho nitro benzene ring substituents is 1. The summed E-state index contributed by atoms with van der Waals surface area (Å²) in [5.74, 6) is 0.632. The van der Waals surface area contributed by atoms with Crippen LogP contribution < -0.4 is 10.1 Å². The quantitative estimate of drug-likeness (QED) is 0.452. The van der Waals surface area contributed by atoms with Crippen LogP contribution in [0.25, 0.3) is 0 Å². The van der Waals surface area contributed by atoms with Crippen LogP contribution in [0, 0.1) is 10.1 Å². The summed E-state index contributed by atoms with van der Waals surface area (Å²) in [4.78, 5) is 27.8. The number of nitrogens with zero attached hydrogens (tertiary/aromatic N) is 2. The molecule has 0 aliphatic carbocycles. The van der Waals surface area contributed by atoms with Gasteiger partial charge >= 0.3 is 0 Å². The van der Waals surface area contributed by atoms with Crippen molar-refractivity contribution in [1.29, 1.82) is 0 Å². The number of nitrogens with one attached hydrogen (secondary N) is 1. The number of thiazole rings is 1. The van der Waals surface area contributed by atoms with Gasteiger partial charge in [-0.05, 0) is 18.2 Å². The lowest BCUT2D eigenvalue weighted by molar-refractivity contribution is -0.384. The number of rotatable bonds is 7. The number of benzene rings is 2. The van der Waals surface area contributed by atoms with Crippen LogP contribution in [0.3, 0.4) is 0 Å². The smallest absolute Gasteiger partial charge is 0.270 e. The molecule has 0 bridgehead atoms. The molecule has 0 fully saturated rings. The van der Waals surface area contributed by atoms with E-state index < -0.39 is 10.8 Å². The molecule has 2 aromatic carbocycles. The maximum atomic E-state index is 12.7. The average Bonchev–Trinajstić information content (AvgIpc) is 3.16. The second-order valence-electron chi connectivity index (χ2n) is 6.37. The minimum absolute atomic E-state index is 0.0948. The van der Waals surface area contributed by atoms with Crippen LogP contribution in [0.2, 0.25) is 0 Å². The van der Waals surface area contributed by atoms with E-state index in [1.54, 1.807) is 35.6 Å². The highest BCUT2D eigenvalue weighted by atomic mass is 32.1. The Bertz CT molecular complexity index is 986. The fraction of sp³-hybridized carbons (Fsp3) is 0.200. The molecule has 0 aliphatic heterocycles. The lowest BCUT2D eigenvalue weighted by Gasteiger charge is -2.11. The summed E-state index contributed by atoms with van der Waals surface area (Å²) >= 11 is 1.54. The first-order valence-corrected chi connectivity index (χ1v) is 9.56. The van der Waals surface area contributed by atoms with E-state index >= 15 is 0 Å². The second-order valence-corrected chi connectivity index (χ2v) is 7.26. The van der Waals surface area contributed by atoms with E-state index in [4.69, 9.17) is 4.74 Å². The van der Waals surface area contributed by atoms with Gasteiger partial charge in [0.05, 0.1) is 27.7 Å². The Morgan fingerprint density at radius 3 is 2.64 bits per heavy atom. The summed E-state index contributed by atoms with van der Waals surface area (Å²) in [5, 5.41) is 16.8. The summed E-state index contributed by atoms with van der Waals surface area (Å²) in [6.07, 6.45) is 0. The molecule has 1 N–H and O–H groups in total. The van der Waals surface area contributed by atoms with Crippen LogP contribution in [0.1, 0.15) is 40.8 Å². The van der Waals surface area contributed by atoms with Gasteiger partial charge in [-0.3, -0.25) is 14.9 Å². The molecule has 3 rings (SSSR count). The van der Waals surface area contributed by atoms with E-state index in [0.717, 1.165) is 10.7 Å². The van der Waals surface area contributed by atoms with Gasteiger partial charge < -0.3 is 10.1 Å². The Morgan fingerprint density at radius 1 is 1.25 bits per heavy atom. The summed E-state index contributed by atoms with van der Waals surface area (Å²) in [6.45, 7) is 4.34. The first-order chi connectivity index (χ1) is 13.4. The molecule has 8 heteroatoms. The van der Waals surface area contributed by atoms with Gasteiger partial charge in [0.15, 0.2) is 0 Å². The Hall–Kier alpha value is -3.26. The molecule has 0 saturated heterocycles. The minimum Gasteiger partial charge on any atom is -0.457 e. The zero-order valence-corrected chi connectivity index (χ0v) is 16.2. The topological polar surface area (TPSA) is 94.4 Å². The van der Waals surface area contributed by atoms with Crippen molar-refractivity contribution in [3.8, 4) is 11.5 Å². The first kappa shape index (κ1) is 19.5. The van der Waals surface area contributed by atoms with Gasteiger partial charge in [-0.2, -0.15) is 0 Å². The molecule has 144 valence electrons. The van der Waals surface area contributed by atoms with Gasteiger partial charge in [-0.15, -0.1) is 11.3 Å². The van der Waals surface area contributed by atoms with Crippen molar-refractivity contribution in [2.24, 2.45) is 0 Å². The molecule has 0 saturated carbocycles. The van der Waals surface area contributed by atoms with Crippen LogP contribution in [0.15, 0.2) is 53.9 Å². The Kier molecular flexibility index (Phi) is 6.00. The minimum atomic E-state index is -0.543. The van der Waals surface area contributed by atoms with E-state index in [-0.39, 0.29) is 23.5 Å². The number of nitro benzene ring substituents is 1. The molecule has 28 heavy (non-hydrogen) atoms. The molecule has 0 atom stereocenters. The maximum absolute atomic E-state index is 12.7. The normalized spacial score (nSPS) is 10.7. The van der Waals surface area contributed by atoms with Crippen molar-refractivity contribution >= 4 is 22.9 Å². The van der Waals surface area contributed by atoms with Crippen LogP contribution >= 0.6 is 11.3 Å². The number of hydrogen-bond acceptors (Lipinski definition) is 6. The summed E-state index contributed by atoms with van der Waals surface area (Å²) in [7, 11) is 0. The van der Waals surface area contributed by atoms with Gasteiger partial charge in [-0.25, -0.2) is 4.98 Å². The fourth-order valence-corrected chi connectivity index (χ4v) is 3.28. The first-order valence-electron chi connectivity index (χ1n) is 8.68. The van der Waals surface area contributed by atoms with Gasteiger partial charge in [-0.1, -0.05) is 32.0 Å². The maximum Gasteiger partial charge on any atom is 0.270 e. The third-order valence-electron chi connectivity index (χ3n) is 3.88. The molecule has 3 aromatic rings. The van der Waals surface area contributed by atoms with Crippen molar-refractivity contribution in [2.75, 3.05) is 0 Å². The predicted octanol–water partition coefficient (Wildman–Crippen LogP) is 4.90. The van der Waals surface area contributed by atoms with Gasteiger partial charge in [0, 0.05) is 23.4 Å². The highest BCUT2D eigenvalue weighted by molar-refractivity contribution is 7.09. The monoisotopic (exact) mass is 397 g/mol. The number of carbonyl (C=O) groups excluding carboxylic acids is 1. The molecule has 0 spiro atoms. The van der Waals surface area contributed by atoms with Crippen molar-refractivity contribution in [2.45, 2.75) is 26.3 Å². The SMILES string of the molecule is CC(C)c1nc(CNC(=O)c2cc([N+](=O)[O-])ccc2Oc2ccccc2)cs1. The van der Waals surface area contributed by atoms with E-state index in [2.05, 4.69) is 24.1 Å². The number of aromatic nitrogens is 1. The number of hydrogen-bond donors (Lipinski definition) is 1. The Labute approximate surface area is 166 Å². The molecule has 0 unspecified atom stereocenters. The van der Waals surface area contributed by atoms with Gasteiger partial charge in [0.2, 0.25) is 0 Å². The zero-order valence-electron chi connectivity index (χ0n) is 15.4. The van der Waals surface area contributed by atoms with Crippen molar-refractivity contribution < 1.29 is 14.5 Å². The van der Waals surface area contributed by atoms with E-state index in [9.17, 15) is 14.9 Å². The van der Waals surface area contributed by atoms with Gasteiger partial charge in [0.25, 0.3) is 11.6 Å². The lowest BCUT2D eigenvalue weighted by atomic mass is 10.1. The van der Waals surface area contributed by atoms with Crippen LogP contribution in [0.4, 0.5) is 5.69 Å². The number of para-hydroxylation sites is 1. The van der Waals surface area contributed by atoms with Crippen LogP contribution in [-0.2, 0) is 6.54 Å². The third kappa shape index (κ3) is 4.72. The molecule has 7 nitrogen and oxygen atoms in total.